The zero-order chi connectivity index (χ0) is 15.8. The van der Waals surface area contributed by atoms with E-state index in [2.05, 4.69) is 9.47 Å². The predicted molar refractivity (Wildman–Crippen MR) is 63.6 cm³/mol. The van der Waals surface area contributed by atoms with Crippen molar-refractivity contribution in [1.29, 1.82) is 0 Å². The molecule has 116 valence electrons. The molecule has 8 heteroatoms. The minimum atomic E-state index is -4.81. The zero-order valence-corrected chi connectivity index (χ0v) is 11.0. The lowest BCUT2D eigenvalue weighted by atomic mass is 9.78. The van der Waals surface area contributed by atoms with Gasteiger partial charge in [0.15, 0.2) is 6.10 Å². The van der Waals surface area contributed by atoms with Crippen LogP contribution in [-0.2, 0) is 19.8 Å². The number of hydrogen-bond donors (Lipinski definition) is 1. The Hall–Kier alpha value is -1.67. The number of carbonyl (C=O) groups excluding carboxylic acids is 1. The molecule has 0 aliphatic carbocycles. The van der Waals surface area contributed by atoms with Crippen LogP contribution in [0.1, 0.15) is 5.56 Å². The lowest BCUT2D eigenvalue weighted by Crippen LogP contribution is -2.52. The number of nitrogens with two attached hydrogens (primary N) is 1. The largest absolute Gasteiger partial charge is 0.469 e. The first-order valence-electron chi connectivity index (χ1n) is 6.02. The second-order valence-corrected chi connectivity index (χ2v) is 4.79. The zero-order valence-electron chi connectivity index (χ0n) is 11.0. The minimum absolute atomic E-state index is 0.216. The molecule has 0 saturated carbocycles. The Morgan fingerprint density at radius 2 is 2.05 bits per heavy atom. The summed E-state index contributed by atoms with van der Waals surface area (Å²) in [5.41, 5.74) is 3.76. The number of benzene rings is 1. The van der Waals surface area contributed by atoms with Crippen LogP contribution in [0.2, 0.25) is 0 Å². The third-order valence-electron chi connectivity index (χ3n) is 3.51. The van der Waals surface area contributed by atoms with Crippen LogP contribution in [0.4, 0.5) is 17.6 Å². The number of halogens is 4. The van der Waals surface area contributed by atoms with Crippen molar-refractivity contribution in [2.75, 3.05) is 13.7 Å². The van der Waals surface area contributed by atoms with Crippen molar-refractivity contribution < 1.29 is 31.8 Å². The van der Waals surface area contributed by atoms with Crippen molar-refractivity contribution in [1.82, 2.24) is 0 Å². The van der Waals surface area contributed by atoms with Gasteiger partial charge < -0.3 is 15.2 Å². The third-order valence-corrected chi connectivity index (χ3v) is 3.51. The van der Waals surface area contributed by atoms with Crippen LogP contribution in [0.25, 0.3) is 0 Å². The lowest BCUT2D eigenvalue weighted by Gasteiger charge is -2.30. The fraction of sp³-hybridized carbons (Fsp3) is 0.462. The van der Waals surface area contributed by atoms with E-state index in [1.165, 1.54) is 18.2 Å². The van der Waals surface area contributed by atoms with Gasteiger partial charge in [-0.25, -0.2) is 4.39 Å². The van der Waals surface area contributed by atoms with Gasteiger partial charge in [-0.3, -0.25) is 4.79 Å². The number of methoxy groups -OCH3 is 1. The van der Waals surface area contributed by atoms with Crippen LogP contribution in [0.15, 0.2) is 24.3 Å². The smallest absolute Gasteiger partial charge is 0.415 e. The summed E-state index contributed by atoms with van der Waals surface area (Å²) >= 11 is 0. The number of esters is 1. The van der Waals surface area contributed by atoms with Crippen LogP contribution in [0, 0.1) is 11.7 Å². The van der Waals surface area contributed by atoms with E-state index in [1.807, 2.05) is 0 Å². The highest BCUT2D eigenvalue weighted by Crippen LogP contribution is 2.44. The average Bonchev–Trinajstić information content (AvgIpc) is 2.77. The van der Waals surface area contributed by atoms with Gasteiger partial charge >= 0.3 is 12.1 Å². The Balaban J connectivity index is 2.52. The van der Waals surface area contributed by atoms with Crippen LogP contribution >= 0.6 is 0 Å². The normalized spacial score (nSPS) is 29.4. The molecule has 2 N–H and O–H groups in total. The molecule has 1 fully saturated rings. The molecule has 0 unspecified atom stereocenters. The van der Waals surface area contributed by atoms with Crippen molar-refractivity contribution in [3.05, 3.63) is 35.6 Å². The summed E-state index contributed by atoms with van der Waals surface area (Å²) in [4.78, 5) is 11.8. The molecule has 0 aromatic heterocycles. The van der Waals surface area contributed by atoms with Gasteiger partial charge in [0.25, 0.3) is 0 Å². The molecule has 1 aromatic carbocycles. The second-order valence-electron chi connectivity index (χ2n) is 4.79. The summed E-state index contributed by atoms with van der Waals surface area (Å²) in [6.45, 7) is -0.641. The van der Waals surface area contributed by atoms with Gasteiger partial charge in [0.2, 0.25) is 0 Å². The van der Waals surface area contributed by atoms with Gasteiger partial charge in [-0.1, -0.05) is 18.2 Å². The van der Waals surface area contributed by atoms with Crippen molar-refractivity contribution in [2.24, 2.45) is 11.7 Å². The molecule has 1 aromatic rings. The molecule has 2 rings (SSSR count). The highest BCUT2D eigenvalue weighted by Gasteiger charge is 2.62. The van der Waals surface area contributed by atoms with Crippen molar-refractivity contribution in [2.45, 2.75) is 17.8 Å². The van der Waals surface area contributed by atoms with Crippen molar-refractivity contribution in [3.8, 4) is 0 Å². The molecule has 1 aliphatic rings. The van der Waals surface area contributed by atoms with Crippen LogP contribution in [0.3, 0.4) is 0 Å². The Morgan fingerprint density at radius 1 is 1.43 bits per heavy atom. The topological polar surface area (TPSA) is 61.5 Å². The summed E-state index contributed by atoms with van der Waals surface area (Å²) in [5, 5.41) is 0. The van der Waals surface area contributed by atoms with E-state index in [4.69, 9.17) is 5.73 Å². The highest BCUT2D eigenvalue weighted by atomic mass is 19.4. The molecule has 1 heterocycles. The van der Waals surface area contributed by atoms with E-state index in [-0.39, 0.29) is 5.56 Å². The van der Waals surface area contributed by atoms with E-state index < -0.39 is 42.1 Å². The first-order valence-corrected chi connectivity index (χ1v) is 6.02. The third kappa shape index (κ3) is 2.60. The number of alkyl halides is 3. The van der Waals surface area contributed by atoms with E-state index in [1.54, 1.807) is 0 Å². The molecular formula is C13H13F4NO3. The maximum atomic E-state index is 13.9. The van der Waals surface area contributed by atoms with Crippen molar-refractivity contribution in [3.63, 3.8) is 0 Å². The summed E-state index contributed by atoms with van der Waals surface area (Å²) in [6, 6.07) is 5.07. The lowest BCUT2D eigenvalue weighted by molar-refractivity contribution is -0.220. The maximum absolute atomic E-state index is 13.9. The van der Waals surface area contributed by atoms with E-state index in [0.717, 1.165) is 13.2 Å². The highest BCUT2D eigenvalue weighted by molar-refractivity contribution is 5.76. The van der Waals surface area contributed by atoms with Gasteiger partial charge in [0, 0.05) is 5.56 Å². The van der Waals surface area contributed by atoms with Gasteiger partial charge in [-0.05, 0) is 6.07 Å². The molecule has 4 nitrogen and oxygen atoms in total. The first kappa shape index (κ1) is 15.7. The molecule has 0 bridgehead atoms. The van der Waals surface area contributed by atoms with E-state index >= 15 is 0 Å². The van der Waals surface area contributed by atoms with Gasteiger partial charge in [-0.2, -0.15) is 13.2 Å². The Labute approximate surface area is 117 Å². The van der Waals surface area contributed by atoms with Crippen molar-refractivity contribution >= 4 is 5.97 Å². The molecular weight excluding hydrogens is 294 g/mol. The Kier molecular flexibility index (Phi) is 3.94. The maximum Gasteiger partial charge on any atom is 0.415 e. The molecule has 0 radical (unpaired) electrons. The van der Waals surface area contributed by atoms with Gasteiger partial charge in [-0.15, -0.1) is 0 Å². The minimum Gasteiger partial charge on any atom is -0.469 e. The van der Waals surface area contributed by atoms with Crippen LogP contribution in [0.5, 0.6) is 0 Å². The fourth-order valence-electron chi connectivity index (χ4n) is 2.51. The Morgan fingerprint density at radius 3 is 2.57 bits per heavy atom. The van der Waals surface area contributed by atoms with Gasteiger partial charge in [0.05, 0.1) is 19.3 Å². The molecule has 1 saturated heterocycles. The number of ether oxygens (including phenoxy) is 2. The van der Waals surface area contributed by atoms with Gasteiger partial charge in [0.1, 0.15) is 11.7 Å². The summed E-state index contributed by atoms with van der Waals surface area (Å²) in [5.74, 6) is -3.87. The molecule has 1 aliphatic heterocycles. The number of carbonyl (C=O) groups is 1. The standard InChI is InChI=1S/C13H13F4NO3/c1-20-11(19)9-10(13(15,16)17)21-6-12(9,18)7-4-2-3-5-8(7)14/h2-5,9-10H,6,18H2,1H3/t9-,10-,12+/m0/s1. The summed E-state index contributed by atoms with van der Waals surface area (Å²) < 4.78 is 61.9. The Bertz CT molecular complexity index is 548. The van der Waals surface area contributed by atoms with E-state index in [0.29, 0.717) is 0 Å². The summed E-state index contributed by atoms with van der Waals surface area (Å²) in [7, 11) is 0.940. The molecule has 21 heavy (non-hydrogen) atoms. The molecule has 3 atom stereocenters. The SMILES string of the molecule is COC(=O)[C@@H]1[C@@H](C(F)(F)F)OC[C@@]1(N)c1ccccc1F. The molecule has 0 spiro atoms. The monoisotopic (exact) mass is 307 g/mol. The number of hydrogen-bond acceptors (Lipinski definition) is 4. The average molecular weight is 307 g/mol. The second kappa shape index (κ2) is 5.27. The van der Waals surface area contributed by atoms with E-state index in [9.17, 15) is 22.4 Å². The summed E-state index contributed by atoms with van der Waals surface area (Å²) in [6.07, 6.45) is -7.25. The van der Waals surface area contributed by atoms with Crippen LogP contribution in [-0.4, -0.2) is 32.0 Å². The predicted octanol–water partition coefficient (Wildman–Crippen LogP) is 1.73. The first-order chi connectivity index (χ1) is 9.71. The quantitative estimate of drug-likeness (QED) is 0.668. The fourth-order valence-corrected chi connectivity index (χ4v) is 2.51. The molecule has 0 amide bonds. The number of rotatable bonds is 2. The van der Waals surface area contributed by atoms with Crippen LogP contribution < -0.4 is 5.73 Å².